The summed E-state index contributed by atoms with van der Waals surface area (Å²) < 4.78 is 0. The summed E-state index contributed by atoms with van der Waals surface area (Å²) in [5, 5.41) is 9.19. The van der Waals surface area contributed by atoms with E-state index in [4.69, 9.17) is 0 Å². The van der Waals surface area contributed by atoms with Crippen molar-refractivity contribution in [1.29, 1.82) is 0 Å². The van der Waals surface area contributed by atoms with Crippen molar-refractivity contribution >= 4 is 11.8 Å². The molecule has 0 bridgehead atoms. The first-order valence-corrected chi connectivity index (χ1v) is 5.22. The van der Waals surface area contributed by atoms with Gasteiger partial charge in [-0.3, -0.25) is 9.88 Å². The summed E-state index contributed by atoms with van der Waals surface area (Å²) >= 11 is 0. The van der Waals surface area contributed by atoms with E-state index in [1.807, 2.05) is 24.3 Å². The number of aromatic nitrogens is 1. The van der Waals surface area contributed by atoms with Gasteiger partial charge in [0.2, 0.25) is 0 Å². The number of anilines is 1. The van der Waals surface area contributed by atoms with Crippen LogP contribution in [0, 0.1) is 0 Å². The van der Waals surface area contributed by atoms with Gasteiger partial charge in [-0.05, 0) is 23.8 Å². The highest BCUT2D eigenvalue weighted by Crippen LogP contribution is 2.16. The number of amides is 1. The minimum atomic E-state index is -0.972. The lowest BCUT2D eigenvalue weighted by molar-refractivity contribution is 0.201. The number of benzene rings is 1. The normalized spacial score (nSPS) is 9.88. The highest BCUT2D eigenvalue weighted by atomic mass is 16.4. The third kappa shape index (κ3) is 2.81. The Morgan fingerprint density at radius 1 is 1.18 bits per heavy atom. The van der Waals surface area contributed by atoms with E-state index in [1.54, 1.807) is 30.6 Å². The SMILES string of the molecule is O=C(O)N(Cc1cccnc1)c1ccccc1. The molecule has 0 atom stereocenters. The second kappa shape index (κ2) is 5.12. The second-order valence-corrected chi connectivity index (χ2v) is 3.57. The molecule has 0 aliphatic carbocycles. The molecule has 86 valence electrons. The van der Waals surface area contributed by atoms with Crippen LogP contribution in [0.3, 0.4) is 0 Å². The zero-order chi connectivity index (χ0) is 12.1. The molecule has 17 heavy (non-hydrogen) atoms. The van der Waals surface area contributed by atoms with Crippen molar-refractivity contribution in [3.63, 3.8) is 0 Å². The Morgan fingerprint density at radius 3 is 2.53 bits per heavy atom. The molecule has 1 aromatic carbocycles. The van der Waals surface area contributed by atoms with Gasteiger partial charge in [0.15, 0.2) is 0 Å². The van der Waals surface area contributed by atoms with Gasteiger partial charge in [-0.25, -0.2) is 4.79 Å². The van der Waals surface area contributed by atoms with Crippen LogP contribution in [0.5, 0.6) is 0 Å². The maximum Gasteiger partial charge on any atom is 0.412 e. The van der Waals surface area contributed by atoms with Crippen LogP contribution >= 0.6 is 0 Å². The van der Waals surface area contributed by atoms with Crippen molar-refractivity contribution in [2.75, 3.05) is 4.90 Å². The fourth-order valence-corrected chi connectivity index (χ4v) is 1.55. The van der Waals surface area contributed by atoms with Gasteiger partial charge in [-0.15, -0.1) is 0 Å². The zero-order valence-corrected chi connectivity index (χ0v) is 9.15. The van der Waals surface area contributed by atoms with E-state index < -0.39 is 6.09 Å². The Hall–Kier alpha value is -2.36. The van der Waals surface area contributed by atoms with E-state index >= 15 is 0 Å². The predicted molar refractivity (Wildman–Crippen MR) is 64.9 cm³/mol. The Kier molecular flexibility index (Phi) is 3.35. The van der Waals surface area contributed by atoms with E-state index in [1.165, 1.54) is 4.90 Å². The second-order valence-electron chi connectivity index (χ2n) is 3.57. The zero-order valence-electron chi connectivity index (χ0n) is 9.15. The van der Waals surface area contributed by atoms with Crippen molar-refractivity contribution < 1.29 is 9.90 Å². The van der Waals surface area contributed by atoms with Gasteiger partial charge in [-0.1, -0.05) is 24.3 Å². The van der Waals surface area contributed by atoms with E-state index in [0.717, 1.165) is 5.56 Å². The lowest BCUT2D eigenvalue weighted by Crippen LogP contribution is -2.28. The molecule has 0 unspecified atom stereocenters. The molecule has 4 nitrogen and oxygen atoms in total. The van der Waals surface area contributed by atoms with Gasteiger partial charge in [0.25, 0.3) is 0 Å². The van der Waals surface area contributed by atoms with Gasteiger partial charge in [0.1, 0.15) is 0 Å². The maximum atomic E-state index is 11.2. The first-order chi connectivity index (χ1) is 8.27. The highest BCUT2D eigenvalue weighted by Gasteiger charge is 2.14. The standard InChI is InChI=1S/C13H12N2O2/c16-13(17)15(12-6-2-1-3-7-12)10-11-5-4-8-14-9-11/h1-9H,10H2,(H,16,17). The maximum absolute atomic E-state index is 11.2. The number of pyridine rings is 1. The summed E-state index contributed by atoms with van der Waals surface area (Å²) in [5.74, 6) is 0. The van der Waals surface area contributed by atoms with Crippen molar-refractivity contribution in [2.24, 2.45) is 0 Å². The average molecular weight is 228 g/mol. The number of para-hydroxylation sites is 1. The lowest BCUT2D eigenvalue weighted by Gasteiger charge is -2.18. The first-order valence-electron chi connectivity index (χ1n) is 5.22. The molecule has 1 aromatic heterocycles. The fraction of sp³-hybridized carbons (Fsp3) is 0.0769. The number of carboxylic acid groups (broad SMARTS) is 1. The van der Waals surface area contributed by atoms with E-state index in [9.17, 15) is 9.90 Å². The summed E-state index contributed by atoms with van der Waals surface area (Å²) in [4.78, 5) is 16.5. The quantitative estimate of drug-likeness (QED) is 0.878. The Morgan fingerprint density at radius 2 is 1.94 bits per heavy atom. The molecular formula is C13H12N2O2. The Balaban J connectivity index is 2.23. The summed E-state index contributed by atoms with van der Waals surface area (Å²) in [6.07, 6.45) is 2.36. The summed E-state index contributed by atoms with van der Waals surface area (Å²) in [6, 6.07) is 12.7. The van der Waals surface area contributed by atoms with E-state index in [2.05, 4.69) is 4.98 Å². The molecule has 0 spiro atoms. The van der Waals surface area contributed by atoms with Gasteiger partial charge >= 0.3 is 6.09 Å². The number of carbonyl (C=O) groups is 1. The molecule has 0 aliphatic heterocycles. The molecule has 2 aromatic rings. The van der Waals surface area contributed by atoms with Crippen LogP contribution in [-0.2, 0) is 6.54 Å². The Labute approximate surface area is 99.2 Å². The number of hydrogen-bond donors (Lipinski definition) is 1. The van der Waals surface area contributed by atoms with Gasteiger partial charge in [-0.2, -0.15) is 0 Å². The van der Waals surface area contributed by atoms with Crippen molar-refractivity contribution in [3.05, 3.63) is 60.4 Å². The van der Waals surface area contributed by atoms with Crippen molar-refractivity contribution in [1.82, 2.24) is 4.98 Å². The smallest absolute Gasteiger partial charge is 0.412 e. The number of rotatable bonds is 3. The third-order valence-corrected chi connectivity index (χ3v) is 2.36. The minimum absolute atomic E-state index is 0.299. The van der Waals surface area contributed by atoms with Crippen LogP contribution in [0.2, 0.25) is 0 Å². The Bertz CT molecular complexity index is 485. The fourth-order valence-electron chi connectivity index (χ4n) is 1.55. The molecule has 4 heteroatoms. The molecule has 1 N–H and O–H groups in total. The van der Waals surface area contributed by atoms with Gasteiger partial charge < -0.3 is 5.11 Å². The molecule has 1 amide bonds. The van der Waals surface area contributed by atoms with Crippen LogP contribution < -0.4 is 4.90 Å². The molecule has 0 saturated carbocycles. The van der Waals surface area contributed by atoms with Crippen molar-refractivity contribution in [3.8, 4) is 0 Å². The molecule has 2 rings (SSSR count). The number of nitrogens with zero attached hydrogens (tertiary/aromatic N) is 2. The van der Waals surface area contributed by atoms with Crippen LogP contribution in [-0.4, -0.2) is 16.2 Å². The molecule has 0 saturated heterocycles. The van der Waals surface area contributed by atoms with E-state index in [-0.39, 0.29) is 0 Å². The summed E-state index contributed by atoms with van der Waals surface area (Å²) in [7, 11) is 0. The minimum Gasteiger partial charge on any atom is -0.465 e. The molecule has 1 heterocycles. The first kappa shape index (κ1) is 11.1. The monoisotopic (exact) mass is 228 g/mol. The van der Waals surface area contributed by atoms with Crippen LogP contribution in [0.25, 0.3) is 0 Å². The molecule has 0 aliphatic rings. The lowest BCUT2D eigenvalue weighted by atomic mass is 10.2. The molecule has 0 fully saturated rings. The largest absolute Gasteiger partial charge is 0.465 e. The number of hydrogen-bond acceptors (Lipinski definition) is 2. The van der Waals surface area contributed by atoms with Gasteiger partial charge in [0.05, 0.1) is 6.54 Å². The third-order valence-electron chi connectivity index (χ3n) is 2.36. The topological polar surface area (TPSA) is 53.4 Å². The van der Waals surface area contributed by atoms with Crippen molar-refractivity contribution in [2.45, 2.75) is 6.54 Å². The van der Waals surface area contributed by atoms with Gasteiger partial charge in [0, 0.05) is 18.1 Å². The molecule has 0 radical (unpaired) electrons. The molecular weight excluding hydrogens is 216 g/mol. The van der Waals surface area contributed by atoms with Crippen LogP contribution in [0.1, 0.15) is 5.56 Å². The average Bonchev–Trinajstić information content (AvgIpc) is 2.38. The summed E-state index contributed by atoms with van der Waals surface area (Å²) in [6.45, 7) is 0.299. The van der Waals surface area contributed by atoms with Crippen LogP contribution in [0.15, 0.2) is 54.9 Å². The summed E-state index contributed by atoms with van der Waals surface area (Å²) in [5.41, 5.74) is 1.52. The highest BCUT2D eigenvalue weighted by molar-refractivity contribution is 5.85. The van der Waals surface area contributed by atoms with E-state index in [0.29, 0.717) is 12.2 Å². The van der Waals surface area contributed by atoms with Crippen LogP contribution in [0.4, 0.5) is 10.5 Å². The predicted octanol–water partition coefficient (Wildman–Crippen LogP) is 2.77.